The summed E-state index contributed by atoms with van der Waals surface area (Å²) in [4.78, 5) is 0. The number of benzene rings is 2. The molecular weight excluding hydrogens is 265 g/mol. The number of nitrogens with one attached hydrogen (secondary N) is 1. The average Bonchev–Trinajstić information content (AvgIpc) is 2.53. The summed E-state index contributed by atoms with van der Waals surface area (Å²) in [5.74, 6) is -0.289. The van der Waals surface area contributed by atoms with E-state index in [0.717, 1.165) is 12.0 Å². The van der Waals surface area contributed by atoms with Gasteiger partial charge in [0.05, 0.1) is 6.10 Å². The minimum Gasteiger partial charge on any atom is -0.387 e. The van der Waals surface area contributed by atoms with E-state index in [9.17, 15) is 9.50 Å². The molecule has 0 saturated carbocycles. The van der Waals surface area contributed by atoms with E-state index in [1.54, 1.807) is 12.1 Å². The van der Waals surface area contributed by atoms with Crippen molar-refractivity contribution in [1.29, 1.82) is 0 Å². The first-order valence-corrected chi connectivity index (χ1v) is 7.36. The van der Waals surface area contributed by atoms with E-state index < -0.39 is 6.10 Å². The standard InChI is InChI=1S/C18H22FNO/c1-3-14-4-6-15(7-5-14)13(2)20-12-18(21)16-8-10-17(19)11-9-16/h4-11,13,18,20-21H,3,12H2,1-2H3. The van der Waals surface area contributed by atoms with Crippen LogP contribution >= 0.6 is 0 Å². The van der Waals surface area contributed by atoms with Crippen LogP contribution < -0.4 is 5.32 Å². The van der Waals surface area contributed by atoms with E-state index >= 15 is 0 Å². The summed E-state index contributed by atoms with van der Waals surface area (Å²) in [5.41, 5.74) is 3.23. The maximum absolute atomic E-state index is 12.9. The van der Waals surface area contributed by atoms with Crippen LogP contribution in [-0.4, -0.2) is 11.7 Å². The summed E-state index contributed by atoms with van der Waals surface area (Å²) in [7, 11) is 0. The van der Waals surface area contributed by atoms with Gasteiger partial charge in [0, 0.05) is 12.6 Å². The Balaban J connectivity index is 1.90. The number of halogens is 1. The van der Waals surface area contributed by atoms with Gasteiger partial charge in [0.25, 0.3) is 0 Å². The van der Waals surface area contributed by atoms with E-state index in [2.05, 4.69) is 43.4 Å². The SMILES string of the molecule is CCc1ccc(C(C)NCC(O)c2ccc(F)cc2)cc1. The van der Waals surface area contributed by atoms with Gasteiger partial charge in [-0.05, 0) is 42.2 Å². The summed E-state index contributed by atoms with van der Waals surface area (Å²) in [5, 5.41) is 13.4. The molecule has 2 unspecified atom stereocenters. The number of aliphatic hydroxyl groups excluding tert-OH is 1. The molecule has 0 aromatic heterocycles. The second-order valence-electron chi connectivity index (χ2n) is 5.29. The number of hydrogen-bond donors (Lipinski definition) is 2. The molecule has 21 heavy (non-hydrogen) atoms. The van der Waals surface area contributed by atoms with Crippen LogP contribution in [0.2, 0.25) is 0 Å². The van der Waals surface area contributed by atoms with Gasteiger partial charge in [0.15, 0.2) is 0 Å². The highest BCUT2D eigenvalue weighted by atomic mass is 19.1. The number of rotatable bonds is 6. The fraction of sp³-hybridized carbons (Fsp3) is 0.333. The smallest absolute Gasteiger partial charge is 0.123 e. The van der Waals surface area contributed by atoms with Crippen LogP contribution in [0.5, 0.6) is 0 Å². The highest BCUT2D eigenvalue weighted by Crippen LogP contribution is 2.17. The van der Waals surface area contributed by atoms with Crippen molar-refractivity contribution < 1.29 is 9.50 Å². The molecule has 0 heterocycles. The van der Waals surface area contributed by atoms with Gasteiger partial charge in [0.2, 0.25) is 0 Å². The molecule has 0 saturated heterocycles. The van der Waals surface area contributed by atoms with Gasteiger partial charge in [-0.15, -0.1) is 0 Å². The predicted octanol–water partition coefficient (Wildman–Crippen LogP) is 3.77. The van der Waals surface area contributed by atoms with Crippen molar-refractivity contribution in [2.75, 3.05) is 6.54 Å². The van der Waals surface area contributed by atoms with E-state index in [-0.39, 0.29) is 11.9 Å². The first-order valence-electron chi connectivity index (χ1n) is 7.36. The lowest BCUT2D eigenvalue weighted by atomic mass is 10.0. The zero-order valence-electron chi connectivity index (χ0n) is 12.5. The van der Waals surface area contributed by atoms with Crippen molar-refractivity contribution in [3.8, 4) is 0 Å². The third-order valence-electron chi connectivity index (χ3n) is 3.76. The van der Waals surface area contributed by atoms with Crippen molar-refractivity contribution in [3.63, 3.8) is 0 Å². The molecule has 0 aliphatic rings. The molecule has 2 aromatic carbocycles. The molecule has 0 bridgehead atoms. The highest BCUT2D eigenvalue weighted by Gasteiger charge is 2.10. The third kappa shape index (κ3) is 4.38. The predicted molar refractivity (Wildman–Crippen MR) is 83.6 cm³/mol. The molecule has 3 heteroatoms. The molecule has 0 radical (unpaired) electrons. The molecule has 2 aromatic rings. The van der Waals surface area contributed by atoms with Crippen LogP contribution in [0.25, 0.3) is 0 Å². The zero-order valence-corrected chi connectivity index (χ0v) is 12.5. The topological polar surface area (TPSA) is 32.3 Å². The van der Waals surface area contributed by atoms with Gasteiger partial charge >= 0.3 is 0 Å². The summed E-state index contributed by atoms with van der Waals surface area (Å²) in [6.45, 7) is 4.64. The Bertz CT molecular complexity index is 550. The number of aryl methyl sites for hydroxylation is 1. The fourth-order valence-electron chi connectivity index (χ4n) is 2.25. The molecule has 2 nitrogen and oxygen atoms in total. The molecule has 0 amide bonds. The summed E-state index contributed by atoms with van der Waals surface area (Å²) < 4.78 is 12.9. The molecule has 2 rings (SSSR count). The van der Waals surface area contributed by atoms with Crippen molar-refractivity contribution in [2.24, 2.45) is 0 Å². The Morgan fingerprint density at radius 3 is 2.14 bits per heavy atom. The Kier molecular flexibility index (Phi) is 5.48. The molecule has 0 fully saturated rings. The van der Waals surface area contributed by atoms with Crippen molar-refractivity contribution in [3.05, 3.63) is 71.0 Å². The van der Waals surface area contributed by atoms with Gasteiger partial charge in [-0.1, -0.05) is 43.3 Å². The molecule has 0 spiro atoms. The Labute approximate surface area is 125 Å². The minimum absolute atomic E-state index is 0.158. The first kappa shape index (κ1) is 15.7. The molecule has 0 aliphatic heterocycles. The Hall–Kier alpha value is -1.71. The van der Waals surface area contributed by atoms with Crippen LogP contribution in [0.1, 0.15) is 42.7 Å². The van der Waals surface area contributed by atoms with E-state index in [4.69, 9.17) is 0 Å². The van der Waals surface area contributed by atoms with Gasteiger partial charge in [-0.25, -0.2) is 4.39 Å². The normalized spacial score (nSPS) is 13.9. The van der Waals surface area contributed by atoms with Crippen LogP contribution in [0.4, 0.5) is 4.39 Å². The Morgan fingerprint density at radius 1 is 1.00 bits per heavy atom. The second kappa shape index (κ2) is 7.34. The van der Waals surface area contributed by atoms with Gasteiger partial charge < -0.3 is 10.4 Å². The van der Waals surface area contributed by atoms with Gasteiger partial charge in [-0.2, -0.15) is 0 Å². The highest BCUT2D eigenvalue weighted by molar-refractivity contribution is 5.25. The zero-order chi connectivity index (χ0) is 15.2. The van der Waals surface area contributed by atoms with Gasteiger partial charge in [0.1, 0.15) is 5.82 Å². The lowest BCUT2D eigenvalue weighted by Crippen LogP contribution is -2.24. The van der Waals surface area contributed by atoms with Crippen molar-refractivity contribution in [2.45, 2.75) is 32.4 Å². The summed E-state index contributed by atoms with van der Waals surface area (Å²) >= 11 is 0. The van der Waals surface area contributed by atoms with Crippen LogP contribution in [0.3, 0.4) is 0 Å². The molecule has 0 aliphatic carbocycles. The van der Waals surface area contributed by atoms with Crippen LogP contribution in [0.15, 0.2) is 48.5 Å². The average molecular weight is 287 g/mol. The largest absolute Gasteiger partial charge is 0.387 e. The third-order valence-corrected chi connectivity index (χ3v) is 3.76. The summed E-state index contributed by atoms with van der Waals surface area (Å²) in [6.07, 6.45) is 0.397. The fourth-order valence-corrected chi connectivity index (χ4v) is 2.25. The molecule has 112 valence electrons. The summed E-state index contributed by atoms with van der Waals surface area (Å²) in [6, 6.07) is 14.6. The molecule has 2 atom stereocenters. The molecular formula is C18H22FNO. The molecule has 2 N–H and O–H groups in total. The van der Waals surface area contributed by atoms with Crippen molar-refractivity contribution >= 4 is 0 Å². The minimum atomic E-state index is -0.636. The van der Waals surface area contributed by atoms with E-state index in [1.165, 1.54) is 23.3 Å². The lowest BCUT2D eigenvalue weighted by molar-refractivity contribution is 0.170. The van der Waals surface area contributed by atoms with Crippen LogP contribution in [-0.2, 0) is 6.42 Å². The maximum atomic E-state index is 12.9. The van der Waals surface area contributed by atoms with E-state index in [0.29, 0.717) is 6.54 Å². The van der Waals surface area contributed by atoms with Gasteiger partial charge in [-0.3, -0.25) is 0 Å². The lowest BCUT2D eigenvalue weighted by Gasteiger charge is -2.18. The van der Waals surface area contributed by atoms with Crippen LogP contribution in [0, 0.1) is 5.82 Å². The maximum Gasteiger partial charge on any atom is 0.123 e. The van der Waals surface area contributed by atoms with E-state index in [1.807, 2.05) is 0 Å². The quantitative estimate of drug-likeness (QED) is 0.847. The monoisotopic (exact) mass is 287 g/mol. The second-order valence-corrected chi connectivity index (χ2v) is 5.29. The van der Waals surface area contributed by atoms with Crippen molar-refractivity contribution in [1.82, 2.24) is 5.32 Å². The Morgan fingerprint density at radius 2 is 1.57 bits per heavy atom. The number of hydrogen-bond acceptors (Lipinski definition) is 2. The first-order chi connectivity index (χ1) is 10.1. The number of aliphatic hydroxyl groups is 1.